The number of rotatable bonds is 4. The van der Waals surface area contributed by atoms with Crippen molar-refractivity contribution in [2.75, 3.05) is 5.32 Å². The largest absolute Gasteiger partial charge is 0.381 e. The first-order valence-electron chi connectivity index (χ1n) is 5.42. The lowest BCUT2D eigenvalue weighted by molar-refractivity contribution is 1.14. The van der Waals surface area contributed by atoms with Gasteiger partial charge in [-0.05, 0) is 29.3 Å². The van der Waals surface area contributed by atoms with Crippen LogP contribution >= 0.6 is 27.5 Å². The van der Waals surface area contributed by atoms with Gasteiger partial charge in [0.15, 0.2) is 0 Å². The van der Waals surface area contributed by atoms with Gasteiger partial charge in [-0.3, -0.25) is 0 Å². The van der Waals surface area contributed by atoms with Crippen LogP contribution in [0.4, 0.5) is 5.69 Å². The van der Waals surface area contributed by atoms with E-state index in [1.165, 1.54) is 5.56 Å². The fourth-order valence-corrected chi connectivity index (χ4v) is 2.15. The Labute approximate surface area is 115 Å². The average Bonchev–Trinajstić information content (AvgIpc) is 2.38. The number of alkyl halides is 1. The monoisotopic (exact) mass is 309 g/mol. The molecule has 0 amide bonds. The molecule has 0 aliphatic carbocycles. The molecule has 0 aliphatic heterocycles. The van der Waals surface area contributed by atoms with Gasteiger partial charge in [-0.25, -0.2) is 0 Å². The lowest BCUT2D eigenvalue weighted by Crippen LogP contribution is -1.99. The van der Waals surface area contributed by atoms with Crippen molar-refractivity contribution < 1.29 is 0 Å². The van der Waals surface area contributed by atoms with Crippen molar-refractivity contribution in [2.24, 2.45) is 0 Å². The second kappa shape index (κ2) is 6.08. The molecule has 2 aromatic carbocycles. The van der Waals surface area contributed by atoms with Gasteiger partial charge in [0.2, 0.25) is 0 Å². The summed E-state index contributed by atoms with van der Waals surface area (Å²) in [5.41, 5.74) is 3.49. The first kappa shape index (κ1) is 12.5. The molecule has 0 atom stereocenters. The molecule has 1 N–H and O–H groups in total. The Morgan fingerprint density at radius 3 is 2.35 bits per heavy atom. The number of hydrogen-bond acceptors (Lipinski definition) is 1. The van der Waals surface area contributed by atoms with E-state index in [-0.39, 0.29) is 0 Å². The zero-order valence-corrected chi connectivity index (χ0v) is 11.6. The predicted octanol–water partition coefficient (Wildman–Crippen LogP) is 4.80. The molecule has 88 valence electrons. The van der Waals surface area contributed by atoms with Crippen LogP contribution in [0.3, 0.4) is 0 Å². The molecule has 2 aromatic rings. The van der Waals surface area contributed by atoms with E-state index in [1.807, 2.05) is 30.3 Å². The summed E-state index contributed by atoms with van der Waals surface area (Å²) in [4.78, 5) is 0. The number of anilines is 1. The number of nitrogens with one attached hydrogen (secondary N) is 1. The molecule has 0 unspecified atom stereocenters. The Balaban J connectivity index is 2.00. The number of halogens is 2. The van der Waals surface area contributed by atoms with Crippen LogP contribution in [0.1, 0.15) is 11.1 Å². The normalized spacial score (nSPS) is 10.2. The molecule has 0 radical (unpaired) electrons. The van der Waals surface area contributed by atoms with Crippen LogP contribution < -0.4 is 5.32 Å². The Bertz CT molecular complexity index is 482. The summed E-state index contributed by atoms with van der Waals surface area (Å²) in [5, 5.41) is 3.38. The van der Waals surface area contributed by atoms with Crippen molar-refractivity contribution in [3.8, 4) is 0 Å². The quantitative estimate of drug-likeness (QED) is 0.800. The van der Waals surface area contributed by atoms with Crippen LogP contribution in [0.25, 0.3) is 0 Å². The highest BCUT2D eigenvalue weighted by Gasteiger charge is 1.98. The molecular formula is C14H13BrClN. The first-order chi connectivity index (χ1) is 8.29. The highest BCUT2D eigenvalue weighted by Crippen LogP contribution is 2.18. The van der Waals surface area contributed by atoms with Gasteiger partial charge < -0.3 is 5.32 Å². The maximum Gasteiger partial charge on any atom is 0.0474 e. The minimum Gasteiger partial charge on any atom is -0.381 e. The third-order valence-corrected chi connectivity index (χ3v) is 3.63. The second-order valence-corrected chi connectivity index (χ2v) is 4.90. The Hall–Kier alpha value is -0.990. The van der Waals surface area contributed by atoms with Crippen molar-refractivity contribution >= 4 is 33.2 Å². The predicted molar refractivity (Wildman–Crippen MR) is 77.5 cm³/mol. The van der Waals surface area contributed by atoms with E-state index >= 15 is 0 Å². The molecule has 0 bridgehead atoms. The Morgan fingerprint density at radius 2 is 1.71 bits per heavy atom. The minimum atomic E-state index is 0.560. The maximum atomic E-state index is 5.75. The summed E-state index contributed by atoms with van der Waals surface area (Å²) < 4.78 is 1.13. The van der Waals surface area contributed by atoms with Gasteiger partial charge in [-0.1, -0.05) is 46.3 Å². The van der Waals surface area contributed by atoms with E-state index in [0.29, 0.717) is 5.88 Å². The Kier molecular flexibility index (Phi) is 4.46. The van der Waals surface area contributed by atoms with Crippen LogP contribution in [0.2, 0.25) is 0 Å². The van der Waals surface area contributed by atoms with E-state index in [9.17, 15) is 0 Å². The summed E-state index contributed by atoms with van der Waals surface area (Å²) >= 11 is 9.28. The molecule has 1 nitrogen and oxygen atoms in total. The lowest BCUT2D eigenvalue weighted by Gasteiger charge is -2.08. The molecule has 0 fully saturated rings. The topological polar surface area (TPSA) is 12.0 Å². The third-order valence-electron chi connectivity index (χ3n) is 2.55. The van der Waals surface area contributed by atoms with Crippen molar-refractivity contribution in [1.82, 2.24) is 0 Å². The van der Waals surface area contributed by atoms with Gasteiger partial charge in [0.1, 0.15) is 0 Å². The van der Waals surface area contributed by atoms with Gasteiger partial charge in [-0.2, -0.15) is 0 Å². The van der Waals surface area contributed by atoms with Gasteiger partial charge >= 0.3 is 0 Å². The van der Waals surface area contributed by atoms with Gasteiger partial charge in [0, 0.05) is 22.6 Å². The van der Waals surface area contributed by atoms with E-state index in [2.05, 4.69) is 39.4 Å². The summed E-state index contributed by atoms with van der Waals surface area (Å²) in [6.45, 7) is 0.807. The number of hydrogen-bond donors (Lipinski definition) is 1. The highest BCUT2D eigenvalue weighted by atomic mass is 79.9. The molecule has 17 heavy (non-hydrogen) atoms. The van der Waals surface area contributed by atoms with E-state index in [1.54, 1.807) is 0 Å². The molecule has 0 heterocycles. The van der Waals surface area contributed by atoms with Crippen LogP contribution in [0.5, 0.6) is 0 Å². The van der Waals surface area contributed by atoms with Crippen LogP contribution in [-0.4, -0.2) is 0 Å². The van der Waals surface area contributed by atoms with Gasteiger partial charge in [0.25, 0.3) is 0 Å². The van der Waals surface area contributed by atoms with Crippen LogP contribution in [0.15, 0.2) is 53.0 Å². The number of benzene rings is 2. The van der Waals surface area contributed by atoms with Gasteiger partial charge in [-0.15, -0.1) is 11.6 Å². The van der Waals surface area contributed by atoms with Crippen molar-refractivity contribution in [1.29, 1.82) is 0 Å². The fraction of sp³-hybridized carbons (Fsp3) is 0.143. The zero-order chi connectivity index (χ0) is 12.1. The molecule has 0 aromatic heterocycles. The fourth-order valence-electron chi connectivity index (χ4n) is 1.55. The van der Waals surface area contributed by atoms with Crippen LogP contribution in [-0.2, 0) is 12.4 Å². The average molecular weight is 311 g/mol. The maximum absolute atomic E-state index is 5.75. The molecule has 3 heteroatoms. The van der Waals surface area contributed by atoms with E-state index in [4.69, 9.17) is 11.6 Å². The van der Waals surface area contributed by atoms with Gasteiger partial charge in [0.05, 0.1) is 0 Å². The van der Waals surface area contributed by atoms with E-state index in [0.717, 1.165) is 22.3 Å². The standard InChI is InChI=1S/C14H13BrClN/c15-14-4-2-1-3-12(14)10-17-13-7-5-11(9-16)6-8-13/h1-8,17H,9-10H2. The zero-order valence-electron chi connectivity index (χ0n) is 9.29. The van der Waals surface area contributed by atoms with Crippen molar-refractivity contribution in [2.45, 2.75) is 12.4 Å². The highest BCUT2D eigenvalue weighted by molar-refractivity contribution is 9.10. The summed E-state index contributed by atoms with van der Waals surface area (Å²) in [6, 6.07) is 16.4. The van der Waals surface area contributed by atoms with E-state index < -0.39 is 0 Å². The lowest BCUT2D eigenvalue weighted by atomic mass is 10.2. The molecule has 2 rings (SSSR count). The van der Waals surface area contributed by atoms with Crippen LogP contribution in [0, 0.1) is 0 Å². The molecular weight excluding hydrogens is 298 g/mol. The summed E-state index contributed by atoms with van der Waals surface area (Å²) in [7, 11) is 0. The summed E-state index contributed by atoms with van der Waals surface area (Å²) in [5.74, 6) is 0.560. The minimum absolute atomic E-state index is 0.560. The summed E-state index contributed by atoms with van der Waals surface area (Å²) in [6.07, 6.45) is 0. The smallest absolute Gasteiger partial charge is 0.0474 e. The Morgan fingerprint density at radius 1 is 1.00 bits per heavy atom. The second-order valence-electron chi connectivity index (χ2n) is 3.78. The SMILES string of the molecule is ClCc1ccc(NCc2ccccc2Br)cc1. The third kappa shape index (κ3) is 3.48. The van der Waals surface area contributed by atoms with Crippen molar-refractivity contribution in [3.63, 3.8) is 0 Å². The molecule has 0 saturated heterocycles. The first-order valence-corrected chi connectivity index (χ1v) is 6.74. The molecule has 0 spiro atoms. The molecule has 0 aliphatic rings. The van der Waals surface area contributed by atoms with Crippen molar-refractivity contribution in [3.05, 3.63) is 64.1 Å². The molecule has 0 saturated carbocycles.